The molecule has 5 amide bonds. The second-order valence-corrected chi connectivity index (χ2v) is 16.7. The van der Waals surface area contributed by atoms with E-state index in [0.717, 1.165) is 5.92 Å². The molecule has 1 aliphatic heterocycles. The zero-order valence-corrected chi connectivity index (χ0v) is 30.4. The van der Waals surface area contributed by atoms with Gasteiger partial charge in [0.1, 0.15) is 18.0 Å². The van der Waals surface area contributed by atoms with Crippen molar-refractivity contribution in [1.82, 2.24) is 26.2 Å². The Bertz CT molecular complexity index is 1280. The molecule has 0 aromatic rings. The highest BCUT2D eigenvalue weighted by atomic mass is 32.2. The summed E-state index contributed by atoms with van der Waals surface area (Å²) in [5, 5.41) is 10.1. The third-order valence-corrected chi connectivity index (χ3v) is 9.11. The van der Waals surface area contributed by atoms with Crippen molar-refractivity contribution in [3.8, 4) is 0 Å². The van der Waals surface area contributed by atoms with Gasteiger partial charge in [0, 0.05) is 12.1 Å². The third-order valence-electron chi connectivity index (χ3n) is 7.57. The average Bonchev–Trinajstić information content (AvgIpc) is 3.43. The normalized spacial score (nSPS) is 19.7. The van der Waals surface area contributed by atoms with E-state index in [1.54, 1.807) is 32.9 Å². The fourth-order valence-electron chi connectivity index (χ4n) is 4.47. The monoisotopic (exact) mass is 667 g/mol. The molecular weight excluding hydrogens is 610 g/mol. The molecule has 0 radical (unpaired) electrons. The van der Waals surface area contributed by atoms with E-state index in [9.17, 15) is 32.4 Å². The maximum Gasteiger partial charge on any atom is 0.315 e. The molecule has 12 nitrogen and oxygen atoms in total. The second-order valence-electron chi connectivity index (χ2n) is 14.7. The molecule has 4 atom stereocenters. The summed E-state index contributed by atoms with van der Waals surface area (Å²) in [5.74, 6) is -2.86. The number of hydrogen-bond acceptors (Lipinski definition) is 7. The summed E-state index contributed by atoms with van der Waals surface area (Å²) in [6.45, 7) is 21.1. The predicted octanol–water partition coefficient (Wildman–Crippen LogP) is 3.58. The summed E-state index contributed by atoms with van der Waals surface area (Å²) < 4.78 is 25.0. The first-order valence-electron chi connectivity index (χ1n) is 16.1. The number of sulfone groups is 1. The molecular formula is C33H57N5O7S. The van der Waals surface area contributed by atoms with E-state index in [0.29, 0.717) is 19.3 Å². The molecule has 13 heteroatoms. The van der Waals surface area contributed by atoms with E-state index in [2.05, 4.69) is 42.0 Å². The lowest BCUT2D eigenvalue weighted by Gasteiger charge is -2.36. The van der Waals surface area contributed by atoms with Crippen molar-refractivity contribution in [3.05, 3.63) is 23.1 Å². The van der Waals surface area contributed by atoms with Crippen LogP contribution in [0, 0.1) is 17.3 Å². The van der Waals surface area contributed by atoms with Gasteiger partial charge in [-0.2, -0.15) is 0 Å². The Morgan fingerprint density at radius 1 is 1.00 bits per heavy atom. The molecule has 46 heavy (non-hydrogen) atoms. The number of likely N-dealkylation sites (tertiary alicyclic amines) is 1. The zero-order chi connectivity index (χ0) is 35.6. The molecule has 2 aliphatic rings. The van der Waals surface area contributed by atoms with Crippen LogP contribution in [0.5, 0.6) is 0 Å². The van der Waals surface area contributed by atoms with Gasteiger partial charge < -0.3 is 26.2 Å². The van der Waals surface area contributed by atoms with E-state index >= 15 is 0 Å². The smallest absolute Gasteiger partial charge is 0.315 e. The highest BCUT2D eigenvalue weighted by molar-refractivity contribution is 7.95. The minimum absolute atomic E-state index is 0.0784. The molecule has 0 bridgehead atoms. The van der Waals surface area contributed by atoms with Crippen LogP contribution in [0.2, 0.25) is 0 Å². The number of nitrogens with zero attached hydrogens (tertiary/aromatic N) is 1. The van der Waals surface area contributed by atoms with Gasteiger partial charge in [0.2, 0.25) is 17.6 Å². The number of amides is 5. The fraction of sp³-hybridized carbons (Fsp3) is 0.727. The Morgan fingerprint density at radius 2 is 1.59 bits per heavy atom. The number of ketones is 1. The van der Waals surface area contributed by atoms with E-state index < -0.39 is 74.3 Å². The van der Waals surface area contributed by atoms with Crippen molar-refractivity contribution in [1.29, 1.82) is 0 Å². The number of rotatable bonds is 10. The number of allylic oxidation sites excluding steroid dienone is 3. The van der Waals surface area contributed by atoms with Gasteiger partial charge in [0.15, 0.2) is 9.84 Å². The van der Waals surface area contributed by atoms with Crippen LogP contribution >= 0.6 is 0 Å². The highest BCUT2D eigenvalue weighted by Crippen LogP contribution is 2.26. The number of carbonyl (C=O) groups excluding carboxylic acids is 5. The summed E-state index contributed by atoms with van der Waals surface area (Å²) in [6.07, 6.45) is 7.55. The first-order chi connectivity index (χ1) is 21.0. The van der Waals surface area contributed by atoms with Crippen LogP contribution in [0.15, 0.2) is 23.1 Å². The van der Waals surface area contributed by atoms with Crippen molar-refractivity contribution >= 4 is 39.4 Å². The summed E-state index contributed by atoms with van der Waals surface area (Å²) in [7, 11) is -3.83. The number of nitrogens with one attached hydrogen (secondary N) is 4. The van der Waals surface area contributed by atoms with Crippen molar-refractivity contribution < 1.29 is 32.4 Å². The molecule has 1 saturated heterocycles. The number of urea groups is 1. The van der Waals surface area contributed by atoms with Gasteiger partial charge in [-0.05, 0) is 70.3 Å². The quantitative estimate of drug-likeness (QED) is 0.258. The lowest BCUT2D eigenvalue weighted by molar-refractivity contribution is -0.143. The molecule has 0 spiro atoms. The molecule has 262 valence electrons. The van der Waals surface area contributed by atoms with Crippen LogP contribution in [0.1, 0.15) is 102 Å². The fourth-order valence-corrected chi connectivity index (χ4v) is 5.59. The van der Waals surface area contributed by atoms with Crippen molar-refractivity contribution in [2.75, 3.05) is 12.4 Å². The van der Waals surface area contributed by atoms with Crippen LogP contribution < -0.4 is 21.3 Å². The minimum atomic E-state index is -3.83. The molecule has 2 rings (SSSR count). The van der Waals surface area contributed by atoms with Crippen LogP contribution in [0.4, 0.5) is 4.79 Å². The molecule has 4 N–H and O–H groups in total. The first kappa shape index (κ1) is 40.8. The van der Waals surface area contributed by atoms with Gasteiger partial charge in [-0.15, -0.1) is 0 Å². The van der Waals surface area contributed by atoms with Gasteiger partial charge >= 0.3 is 6.03 Å². The molecule has 1 aliphatic carbocycles. The van der Waals surface area contributed by atoms with Crippen molar-refractivity contribution in [2.45, 2.75) is 126 Å². The SMILES string of the molecule is CC1C=CC(S(=O)(=O)CNC(=O)C(=O)C(C)NC(=O)C2CCCN2C(=O)C(NC(=O)NC(C)(C)C)C(C)(C)C)=CC1.CCC(C)C. The Morgan fingerprint density at radius 3 is 2.07 bits per heavy atom. The predicted molar refractivity (Wildman–Crippen MR) is 180 cm³/mol. The van der Waals surface area contributed by atoms with E-state index in [-0.39, 0.29) is 17.4 Å². The molecule has 1 fully saturated rings. The van der Waals surface area contributed by atoms with Crippen molar-refractivity contribution in [2.24, 2.45) is 17.3 Å². The molecule has 0 saturated carbocycles. The maximum absolute atomic E-state index is 13.6. The lowest BCUT2D eigenvalue weighted by atomic mass is 9.85. The summed E-state index contributed by atoms with van der Waals surface area (Å²) in [5.41, 5.74) is -1.19. The van der Waals surface area contributed by atoms with Gasteiger partial charge in [0.25, 0.3) is 5.91 Å². The van der Waals surface area contributed by atoms with Crippen LogP contribution in [-0.4, -0.2) is 78.9 Å². The number of hydrogen-bond donors (Lipinski definition) is 4. The molecule has 0 aromatic heterocycles. The Kier molecular flexibility index (Phi) is 15.2. The van der Waals surface area contributed by atoms with Crippen LogP contribution in [0.3, 0.4) is 0 Å². The standard InChI is InChI=1S/C28H45N5O7S.C5H12/c1-17-11-13-19(14-12-17)41(39,40)16-29-24(36)21(34)18(2)30-23(35)20-10-9-15-33(20)25(37)22(27(3,4)5)31-26(38)32-28(6,7)8;1-4-5(2)3/h11,13-14,17-18,20,22H,9-10,12,15-16H2,1-8H3,(H,29,36)(H,30,35)(H2,31,32,38);5H,4H2,1-3H3. The largest absolute Gasteiger partial charge is 0.344 e. The van der Waals surface area contributed by atoms with Gasteiger partial charge in [0.05, 0.1) is 10.9 Å². The average molecular weight is 668 g/mol. The Hall–Kier alpha value is -3.22. The zero-order valence-electron chi connectivity index (χ0n) is 29.6. The van der Waals surface area contributed by atoms with E-state index in [1.165, 1.54) is 24.3 Å². The van der Waals surface area contributed by atoms with E-state index in [4.69, 9.17) is 0 Å². The van der Waals surface area contributed by atoms with Crippen LogP contribution in [0.25, 0.3) is 0 Å². The first-order valence-corrected chi connectivity index (χ1v) is 17.8. The van der Waals surface area contributed by atoms with Gasteiger partial charge in [-0.1, -0.05) is 67.0 Å². The number of Topliss-reactive ketones (excluding diaryl/α,β-unsaturated/α-hetero) is 1. The molecule has 0 aromatic carbocycles. The second kappa shape index (κ2) is 17.1. The van der Waals surface area contributed by atoms with Crippen molar-refractivity contribution in [3.63, 3.8) is 0 Å². The van der Waals surface area contributed by atoms with E-state index in [1.807, 2.05) is 27.7 Å². The number of carbonyl (C=O) groups is 5. The minimum Gasteiger partial charge on any atom is -0.344 e. The Labute approximate surface area is 275 Å². The third kappa shape index (κ3) is 13.3. The van der Waals surface area contributed by atoms with Crippen LogP contribution in [-0.2, 0) is 29.0 Å². The summed E-state index contributed by atoms with van der Waals surface area (Å²) in [6, 6.07) is -3.59. The maximum atomic E-state index is 13.6. The highest BCUT2D eigenvalue weighted by Gasteiger charge is 2.42. The van der Waals surface area contributed by atoms with Gasteiger partial charge in [-0.25, -0.2) is 13.2 Å². The lowest BCUT2D eigenvalue weighted by Crippen LogP contribution is -2.61. The molecule has 4 unspecified atom stereocenters. The molecule has 1 heterocycles. The van der Waals surface area contributed by atoms with Gasteiger partial charge in [-0.3, -0.25) is 19.2 Å². The summed E-state index contributed by atoms with van der Waals surface area (Å²) >= 11 is 0. The summed E-state index contributed by atoms with van der Waals surface area (Å²) in [4.78, 5) is 65.8. The Balaban J connectivity index is 0.00000195. The topological polar surface area (TPSA) is 171 Å².